The zero-order valence-corrected chi connectivity index (χ0v) is 22.9. The molecule has 0 saturated heterocycles. The van der Waals surface area contributed by atoms with Crippen molar-refractivity contribution < 1.29 is 22.7 Å². The molecule has 0 aliphatic heterocycles. The maximum Gasteiger partial charge on any atom is 0.331 e. The zero-order valence-electron chi connectivity index (χ0n) is 22.0. The Kier molecular flexibility index (Phi) is 9.08. The van der Waals surface area contributed by atoms with Crippen LogP contribution in [-0.2, 0) is 31.4 Å². The number of carbonyl (C=O) groups excluding carboxylic acids is 2. The number of amides is 1. The monoisotopic (exact) mass is 540 g/mol. The first kappa shape index (κ1) is 28.6. The lowest BCUT2D eigenvalue weighted by molar-refractivity contribution is -0.148. The second-order valence-electron chi connectivity index (χ2n) is 8.50. The number of nitrogens with one attached hydrogen (secondary N) is 1. The Balaban J connectivity index is 1.65. The number of anilines is 1. The highest BCUT2D eigenvalue weighted by Crippen LogP contribution is 2.17. The van der Waals surface area contributed by atoms with E-state index in [0.29, 0.717) is 30.0 Å². The van der Waals surface area contributed by atoms with Gasteiger partial charge in [-0.1, -0.05) is 44.2 Å². The van der Waals surface area contributed by atoms with Gasteiger partial charge in [0.05, 0.1) is 16.3 Å². The molecule has 0 fully saturated rings. The molecule has 0 saturated carbocycles. The Bertz CT molecular complexity index is 1480. The fraction of sp³-hybridized carbons (Fsp3) is 0.296. The molecule has 0 aliphatic rings. The van der Waals surface area contributed by atoms with E-state index < -0.39 is 33.6 Å². The van der Waals surface area contributed by atoms with Gasteiger partial charge in [-0.05, 0) is 49.8 Å². The molecule has 0 radical (unpaired) electrons. The molecule has 1 aromatic heterocycles. The molecule has 1 atom stereocenters. The molecule has 11 heteroatoms. The number of sulfonamides is 1. The third kappa shape index (κ3) is 6.12. The number of rotatable bonds is 10. The molecule has 38 heavy (non-hydrogen) atoms. The maximum atomic E-state index is 13.0. The molecule has 202 valence electrons. The van der Waals surface area contributed by atoms with Crippen LogP contribution in [0.15, 0.2) is 70.4 Å². The summed E-state index contributed by atoms with van der Waals surface area (Å²) >= 11 is 0. The van der Waals surface area contributed by atoms with E-state index in [1.54, 1.807) is 68.9 Å². The molecule has 0 spiro atoms. The Morgan fingerprint density at radius 3 is 2.24 bits per heavy atom. The van der Waals surface area contributed by atoms with Gasteiger partial charge < -0.3 is 10.1 Å². The van der Waals surface area contributed by atoms with Gasteiger partial charge in [-0.15, -0.1) is 0 Å². The van der Waals surface area contributed by atoms with Crippen LogP contribution in [0.2, 0.25) is 0 Å². The Labute approximate surface area is 222 Å². The number of carbonyl (C=O) groups is 2. The van der Waals surface area contributed by atoms with Crippen LogP contribution < -0.4 is 10.9 Å². The average Bonchev–Trinajstić information content (AvgIpc) is 3.11. The van der Waals surface area contributed by atoms with Crippen LogP contribution in [0.5, 0.6) is 0 Å². The molecule has 0 bridgehead atoms. The summed E-state index contributed by atoms with van der Waals surface area (Å²) in [4.78, 5) is 38.1. The average molecular weight is 541 g/mol. The summed E-state index contributed by atoms with van der Waals surface area (Å²) < 4.78 is 34.8. The van der Waals surface area contributed by atoms with Crippen molar-refractivity contribution in [1.82, 2.24) is 13.7 Å². The normalized spacial score (nSPS) is 12.6. The second-order valence-corrected chi connectivity index (χ2v) is 10.4. The third-order valence-corrected chi connectivity index (χ3v) is 8.16. The van der Waals surface area contributed by atoms with Crippen LogP contribution in [0, 0.1) is 6.92 Å². The van der Waals surface area contributed by atoms with Crippen LogP contribution in [-0.4, -0.2) is 53.2 Å². The van der Waals surface area contributed by atoms with Crippen molar-refractivity contribution in [3.05, 3.63) is 82.3 Å². The number of aromatic nitrogens is 2. The fourth-order valence-corrected chi connectivity index (χ4v) is 5.29. The molecular formula is C27H32N4O6S. The molecule has 3 rings (SSSR count). The second kappa shape index (κ2) is 12.1. The summed E-state index contributed by atoms with van der Waals surface area (Å²) in [6.07, 6.45) is 1.44. The molecule has 10 nitrogen and oxygen atoms in total. The summed E-state index contributed by atoms with van der Waals surface area (Å²) in [5.41, 5.74) is 1.46. The van der Waals surface area contributed by atoms with Crippen molar-refractivity contribution in [2.45, 2.75) is 38.7 Å². The van der Waals surface area contributed by atoms with Crippen molar-refractivity contribution in [3.8, 4) is 5.69 Å². The van der Waals surface area contributed by atoms with Crippen molar-refractivity contribution in [2.24, 2.45) is 7.05 Å². The predicted octanol–water partition coefficient (Wildman–Crippen LogP) is 3.10. The highest BCUT2D eigenvalue weighted by atomic mass is 32.2. The number of hydrogen-bond acceptors (Lipinski definition) is 6. The van der Waals surface area contributed by atoms with Gasteiger partial charge in [0.15, 0.2) is 6.10 Å². The van der Waals surface area contributed by atoms with Gasteiger partial charge in [0.2, 0.25) is 10.0 Å². The Hall–Kier alpha value is -3.96. The summed E-state index contributed by atoms with van der Waals surface area (Å²) in [5, 5.41) is 2.57. The predicted molar refractivity (Wildman–Crippen MR) is 146 cm³/mol. The van der Waals surface area contributed by atoms with Crippen molar-refractivity contribution in [1.29, 1.82) is 0 Å². The van der Waals surface area contributed by atoms with Crippen LogP contribution in [0.1, 0.15) is 32.0 Å². The van der Waals surface area contributed by atoms with E-state index in [2.05, 4.69) is 5.32 Å². The smallest absolute Gasteiger partial charge is 0.331 e. The topological polar surface area (TPSA) is 120 Å². The molecule has 1 unspecified atom stereocenters. The largest absolute Gasteiger partial charge is 0.449 e. The van der Waals surface area contributed by atoms with Gasteiger partial charge in [0, 0.05) is 26.2 Å². The first-order valence-electron chi connectivity index (χ1n) is 12.1. The van der Waals surface area contributed by atoms with Gasteiger partial charge in [0.1, 0.15) is 5.69 Å². The molecular weight excluding hydrogens is 508 g/mol. The lowest BCUT2D eigenvalue weighted by Crippen LogP contribution is -2.31. The molecule has 0 aliphatic carbocycles. The molecule has 1 heterocycles. The fourth-order valence-electron chi connectivity index (χ4n) is 3.83. The Morgan fingerprint density at radius 2 is 1.66 bits per heavy atom. The molecule has 1 N–H and O–H groups in total. The van der Waals surface area contributed by atoms with E-state index in [1.807, 2.05) is 6.07 Å². The van der Waals surface area contributed by atoms with Crippen molar-refractivity contribution in [2.75, 3.05) is 18.4 Å². The molecule has 3 aromatic rings. The van der Waals surface area contributed by atoms with Gasteiger partial charge in [0.25, 0.3) is 11.5 Å². The van der Waals surface area contributed by atoms with Gasteiger partial charge in [-0.25, -0.2) is 17.9 Å². The summed E-state index contributed by atoms with van der Waals surface area (Å²) in [5.74, 6) is -1.41. The zero-order chi connectivity index (χ0) is 28.0. The van der Waals surface area contributed by atoms with Crippen LogP contribution >= 0.6 is 0 Å². The van der Waals surface area contributed by atoms with E-state index >= 15 is 0 Å². The van der Waals surface area contributed by atoms with Crippen LogP contribution in [0.25, 0.3) is 11.8 Å². The SMILES string of the molecule is CCN(CC)S(=O)(=O)c1ccc(/C=C/C(=O)OC(C)C(=O)Nc2c(C)n(C)n(-c3ccccc3)c2=O)cc1. The number of benzene rings is 2. The minimum atomic E-state index is -3.58. The number of para-hydroxylation sites is 1. The van der Waals surface area contributed by atoms with Gasteiger partial charge in [-0.2, -0.15) is 4.31 Å². The van der Waals surface area contributed by atoms with Crippen LogP contribution in [0.4, 0.5) is 5.69 Å². The van der Waals surface area contributed by atoms with E-state index in [-0.39, 0.29) is 10.6 Å². The number of esters is 1. The summed E-state index contributed by atoms with van der Waals surface area (Å²) in [6.45, 7) is 7.38. The minimum absolute atomic E-state index is 0.0968. The Morgan fingerprint density at radius 1 is 1.05 bits per heavy atom. The first-order valence-corrected chi connectivity index (χ1v) is 13.6. The number of ether oxygens (including phenoxy) is 1. The minimum Gasteiger partial charge on any atom is -0.449 e. The van der Waals surface area contributed by atoms with E-state index in [0.717, 1.165) is 6.08 Å². The maximum absolute atomic E-state index is 13.0. The third-order valence-electron chi connectivity index (χ3n) is 6.10. The molecule has 1 amide bonds. The first-order chi connectivity index (χ1) is 18.0. The highest BCUT2D eigenvalue weighted by Gasteiger charge is 2.23. The van der Waals surface area contributed by atoms with Crippen molar-refractivity contribution in [3.63, 3.8) is 0 Å². The lowest BCUT2D eigenvalue weighted by Gasteiger charge is -2.18. The van der Waals surface area contributed by atoms with Crippen molar-refractivity contribution >= 4 is 33.7 Å². The van der Waals surface area contributed by atoms with E-state index in [1.165, 1.54) is 34.1 Å². The molecule has 2 aromatic carbocycles. The van der Waals surface area contributed by atoms with E-state index in [4.69, 9.17) is 4.74 Å². The summed E-state index contributed by atoms with van der Waals surface area (Å²) in [6, 6.07) is 15.1. The standard InChI is InChI=1S/C27H32N4O6S/c1-6-30(7-2)38(35,36)23-16-13-21(14-17-23)15-18-24(32)37-20(4)26(33)28-25-19(3)29(5)31(27(25)34)22-11-9-8-10-12-22/h8-18,20H,6-7H2,1-5H3,(H,28,33)/b18-15+. The van der Waals surface area contributed by atoms with Gasteiger partial charge in [-0.3, -0.25) is 14.3 Å². The van der Waals surface area contributed by atoms with Gasteiger partial charge >= 0.3 is 5.97 Å². The summed E-state index contributed by atoms with van der Waals surface area (Å²) in [7, 11) is -1.87. The number of nitrogens with zero attached hydrogens (tertiary/aromatic N) is 3. The van der Waals surface area contributed by atoms with E-state index in [9.17, 15) is 22.8 Å². The van der Waals surface area contributed by atoms with Crippen LogP contribution in [0.3, 0.4) is 0 Å². The quantitative estimate of drug-likeness (QED) is 0.312. The highest BCUT2D eigenvalue weighted by molar-refractivity contribution is 7.89. The lowest BCUT2D eigenvalue weighted by atomic mass is 10.2. The number of hydrogen-bond donors (Lipinski definition) is 1.